The number of ether oxygens (including phenoxy) is 1. The molecule has 28 heavy (non-hydrogen) atoms. The van der Waals surface area contributed by atoms with E-state index in [-0.39, 0.29) is 22.2 Å². The van der Waals surface area contributed by atoms with Gasteiger partial charge in [0.1, 0.15) is 11.0 Å². The van der Waals surface area contributed by atoms with E-state index >= 15 is 0 Å². The lowest BCUT2D eigenvalue weighted by molar-refractivity contribution is -0.119. The maximum atomic E-state index is 12.6. The molecule has 150 valence electrons. The van der Waals surface area contributed by atoms with E-state index in [0.717, 1.165) is 11.3 Å². The van der Waals surface area contributed by atoms with Crippen molar-refractivity contribution >= 4 is 40.1 Å². The average molecular weight is 408 g/mol. The zero-order valence-corrected chi connectivity index (χ0v) is 16.8. The van der Waals surface area contributed by atoms with Crippen LogP contribution in [0.15, 0.2) is 12.3 Å². The number of carboxylic acids is 1. The van der Waals surface area contributed by atoms with E-state index in [4.69, 9.17) is 9.84 Å². The molecule has 0 aromatic carbocycles. The maximum absolute atomic E-state index is 12.6. The Morgan fingerprint density at radius 2 is 1.96 bits per heavy atom. The Morgan fingerprint density at radius 1 is 1.32 bits per heavy atom. The van der Waals surface area contributed by atoms with E-state index in [1.165, 1.54) is 35.9 Å². The van der Waals surface area contributed by atoms with Gasteiger partial charge in [0.15, 0.2) is 5.69 Å². The van der Waals surface area contributed by atoms with E-state index in [1.54, 1.807) is 21.0 Å². The zero-order chi connectivity index (χ0) is 21.2. The van der Waals surface area contributed by atoms with Crippen molar-refractivity contribution in [2.75, 3.05) is 26.5 Å². The van der Waals surface area contributed by atoms with Crippen LogP contribution in [0.5, 0.6) is 0 Å². The zero-order valence-electron chi connectivity index (χ0n) is 16.0. The number of aromatic carboxylic acids is 1. The molecule has 2 heterocycles. The van der Waals surface area contributed by atoms with Crippen molar-refractivity contribution in [2.24, 2.45) is 0 Å². The summed E-state index contributed by atoms with van der Waals surface area (Å²) in [5.41, 5.74) is 0.316. The highest BCUT2D eigenvalue weighted by molar-refractivity contribution is 7.18. The Kier molecular flexibility index (Phi) is 6.19. The van der Waals surface area contributed by atoms with Crippen molar-refractivity contribution in [2.45, 2.75) is 19.9 Å². The van der Waals surface area contributed by atoms with Crippen molar-refractivity contribution in [1.29, 1.82) is 0 Å². The van der Waals surface area contributed by atoms with E-state index in [1.807, 2.05) is 0 Å². The summed E-state index contributed by atoms with van der Waals surface area (Å²) < 4.78 is 5.97. The number of carbonyl (C=O) groups excluding carboxylic acids is 3. The molecule has 0 fully saturated rings. The monoisotopic (exact) mass is 408 g/mol. The molecule has 0 bridgehead atoms. The number of hydrogen-bond acceptors (Lipinski definition) is 7. The van der Waals surface area contributed by atoms with Gasteiger partial charge in [0.05, 0.1) is 17.6 Å². The summed E-state index contributed by atoms with van der Waals surface area (Å²) in [4.78, 5) is 49.8. The van der Waals surface area contributed by atoms with Crippen LogP contribution in [0.4, 0.5) is 5.00 Å². The second kappa shape index (κ2) is 8.21. The van der Waals surface area contributed by atoms with Gasteiger partial charge in [0, 0.05) is 20.3 Å². The molecule has 2 N–H and O–H groups in total. The standard InChI is InChI=1S/C17H20N4O6S/c1-8-11(17(26)27-5)14(28-12(8)15(23)20(3)4)18-13(22)9(2)21-7-6-10(19-21)16(24)25/h6-7,9H,1-5H3,(H,18,22)(H,24,25). The number of anilines is 1. The molecule has 11 heteroatoms. The van der Waals surface area contributed by atoms with E-state index in [9.17, 15) is 19.2 Å². The largest absolute Gasteiger partial charge is 0.476 e. The van der Waals surface area contributed by atoms with Crippen molar-refractivity contribution in [3.8, 4) is 0 Å². The molecular weight excluding hydrogens is 388 g/mol. The molecule has 10 nitrogen and oxygen atoms in total. The lowest BCUT2D eigenvalue weighted by Crippen LogP contribution is -2.24. The molecule has 1 atom stereocenters. The summed E-state index contributed by atoms with van der Waals surface area (Å²) in [6.45, 7) is 3.13. The summed E-state index contributed by atoms with van der Waals surface area (Å²) in [6.07, 6.45) is 1.37. The number of hydrogen-bond donors (Lipinski definition) is 2. The number of thiophene rings is 1. The fraction of sp³-hybridized carbons (Fsp3) is 0.353. The molecule has 0 radical (unpaired) electrons. The Labute approximate surface area is 164 Å². The molecule has 2 rings (SSSR count). The Balaban J connectivity index is 2.36. The second-order valence-corrected chi connectivity index (χ2v) is 7.12. The fourth-order valence-corrected chi connectivity index (χ4v) is 3.58. The quantitative estimate of drug-likeness (QED) is 0.695. The topological polar surface area (TPSA) is 131 Å². The third kappa shape index (κ3) is 4.03. The van der Waals surface area contributed by atoms with E-state index in [0.29, 0.717) is 10.4 Å². The van der Waals surface area contributed by atoms with Gasteiger partial charge < -0.3 is 20.1 Å². The normalized spacial score (nSPS) is 11.6. The molecular formula is C17H20N4O6S. The van der Waals surface area contributed by atoms with Gasteiger partial charge in [-0.15, -0.1) is 11.3 Å². The Morgan fingerprint density at radius 3 is 2.46 bits per heavy atom. The molecule has 0 saturated carbocycles. The van der Waals surface area contributed by atoms with Crippen LogP contribution >= 0.6 is 11.3 Å². The Hall–Kier alpha value is -3.21. The highest BCUT2D eigenvalue weighted by Gasteiger charge is 2.28. The molecule has 0 aliphatic rings. The molecule has 0 spiro atoms. The number of rotatable bonds is 6. The molecule has 2 amide bonds. The smallest absolute Gasteiger partial charge is 0.356 e. The maximum Gasteiger partial charge on any atom is 0.356 e. The van der Waals surface area contributed by atoms with E-state index in [2.05, 4.69) is 10.4 Å². The minimum atomic E-state index is -1.21. The lowest BCUT2D eigenvalue weighted by Gasteiger charge is -2.12. The molecule has 1 unspecified atom stereocenters. The summed E-state index contributed by atoms with van der Waals surface area (Å²) in [5.74, 6) is -2.73. The van der Waals surface area contributed by atoms with E-state index < -0.39 is 23.9 Å². The highest BCUT2D eigenvalue weighted by atomic mass is 32.1. The van der Waals surface area contributed by atoms with Crippen molar-refractivity contribution in [3.63, 3.8) is 0 Å². The van der Waals surface area contributed by atoms with Crippen molar-refractivity contribution in [1.82, 2.24) is 14.7 Å². The van der Waals surface area contributed by atoms with Crippen LogP contribution in [0.25, 0.3) is 0 Å². The first kappa shape index (κ1) is 21.1. The summed E-state index contributed by atoms with van der Waals surface area (Å²) >= 11 is 0.970. The van der Waals surface area contributed by atoms with Crippen LogP contribution in [-0.2, 0) is 9.53 Å². The highest BCUT2D eigenvalue weighted by Crippen LogP contribution is 2.34. The number of esters is 1. The second-order valence-electron chi connectivity index (χ2n) is 6.10. The molecule has 2 aromatic heterocycles. The first-order valence-electron chi connectivity index (χ1n) is 8.11. The van der Waals surface area contributed by atoms with Crippen LogP contribution in [0.1, 0.15) is 49.0 Å². The molecule has 0 aliphatic heterocycles. The summed E-state index contributed by atoms with van der Waals surface area (Å²) in [6, 6.07) is 0.420. The first-order valence-corrected chi connectivity index (χ1v) is 8.92. The average Bonchev–Trinajstić information content (AvgIpc) is 3.25. The predicted octanol–water partition coefficient (Wildman–Crippen LogP) is 1.64. The number of aromatic nitrogens is 2. The minimum Gasteiger partial charge on any atom is -0.476 e. The van der Waals surface area contributed by atoms with Crippen molar-refractivity contribution in [3.05, 3.63) is 34.0 Å². The van der Waals surface area contributed by atoms with Crippen molar-refractivity contribution < 1.29 is 29.0 Å². The number of nitrogens with zero attached hydrogens (tertiary/aromatic N) is 3. The number of carbonyl (C=O) groups is 4. The van der Waals surface area contributed by atoms with Crippen LogP contribution in [0.3, 0.4) is 0 Å². The van der Waals surface area contributed by atoms with Gasteiger partial charge in [0.2, 0.25) is 5.91 Å². The van der Waals surface area contributed by atoms with Gasteiger partial charge in [-0.1, -0.05) is 0 Å². The number of carboxylic acid groups (broad SMARTS) is 1. The van der Waals surface area contributed by atoms with Crippen LogP contribution in [0.2, 0.25) is 0 Å². The number of methoxy groups -OCH3 is 1. The van der Waals surface area contributed by atoms with Gasteiger partial charge in [-0.05, 0) is 25.5 Å². The molecule has 0 saturated heterocycles. The SMILES string of the molecule is COC(=O)c1c(NC(=O)C(C)n2ccc(C(=O)O)n2)sc(C(=O)N(C)C)c1C. The van der Waals surface area contributed by atoms with Crippen LogP contribution < -0.4 is 5.32 Å². The fourth-order valence-electron chi connectivity index (χ4n) is 2.36. The van der Waals surface area contributed by atoms with Gasteiger partial charge >= 0.3 is 11.9 Å². The van der Waals surface area contributed by atoms with Gasteiger partial charge in [-0.3, -0.25) is 14.3 Å². The Bertz CT molecular complexity index is 946. The first-order chi connectivity index (χ1) is 13.1. The van der Waals surface area contributed by atoms with Gasteiger partial charge in [-0.25, -0.2) is 9.59 Å². The number of nitrogens with one attached hydrogen (secondary N) is 1. The predicted molar refractivity (Wildman–Crippen MR) is 101 cm³/mol. The summed E-state index contributed by atoms with van der Waals surface area (Å²) in [5, 5.41) is 15.6. The molecule has 0 aliphatic carbocycles. The number of amides is 2. The van der Waals surface area contributed by atoms with Crippen LogP contribution in [-0.4, -0.2) is 64.7 Å². The van der Waals surface area contributed by atoms with Crippen LogP contribution in [0, 0.1) is 6.92 Å². The third-order valence-corrected chi connectivity index (χ3v) is 5.17. The summed E-state index contributed by atoms with van der Waals surface area (Å²) in [7, 11) is 4.37. The minimum absolute atomic E-state index is 0.102. The lowest BCUT2D eigenvalue weighted by atomic mass is 10.1. The third-order valence-electron chi connectivity index (χ3n) is 3.98. The molecule has 2 aromatic rings. The van der Waals surface area contributed by atoms with Gasteiger partial charge in [-0.2, -0.15) is 5.10 Å². The van der Waals surface area contributed by atoms with Gasteiger partial charge in [0.25, 0.3) is 5.91 Å².